The number of carbonyl (C=O) groups is 2. The maximum absolute atomic E-state index is 12.6. The fraction of sp³-hybridized carbons (Fsp3) is 0.400. The summed E-state index contributed by atoms with van der Waals surface area (Å²) >= 11 is 1.67. The summed E-state index contributed by atoms with van der Waals surface area (Å²) in [7, 11) is 0. The van der Waals surface area contributed by atoms with Crippen LogP contribution in [0.25, 0.3) is 10.8 Å². The molecule has 2 atom stereocenters. The van der Waals surface area contributed by atoms with Crippen LogP contribution in [-0.2, 0) is 9.59 Å². The van der Waals surface area contributed by atoms with Crippen LogP contribution in [0.2, 0.25) is 0 Å². The average Bonchev–Trinajstić information content (AvgIpc) is 2.64. The number of amides is 2. The van der Waals surface area contributed by atoms with Gasteiger partial charge in [0.25, 0.3) is 0 Å². The standard InChI is InChI=1S/C20H26N2O2S/c1-4-19(23)22-18(11-12-25-3)20(24)21-14(2)16-10-9-15-7-5-6-8-17(15)13-16/h5-10,13-14,18H,4,11-12H2,1-3H3,(H,21,24)(H,22,23)/t14-,18-/m0/s1. The Morgan fingerprint density at radius 1 is 1.08 bits per heavy atom. The van der Waals surface area contributed by atoms with Gasteiger partial charge in [0.05, 0.1) is 6.04 Å². The third kappa shape index (κ3) is 5.49. The highest BCUT2D eigenvalue weighted by Gasteiger charge is 2.21. The fourth-order valence-electron chi connectivity index (χ4n) is 2.68. The number of nitrogens with one attached hydrogen (secondary N) is 2. The normalized spacial score (nSPS) is 13.2. The SMILES string of the molecule is CCC(=O)N[C@@H](CCSC)C(=O)N[C@@H](C)c1ccc2ccccc2c1. The second-order valence-corrected chi connectivity index (χ2v) is 7.08. The van der Waals surface area contributed by atoms with E-state index in [9.17, 15) is 9.59 Å². The molecule has 0 saturated carbocycles. The minimum absolute atomic E-state index is 0.0976. The van der Waals surface area contributed by atoms with Gasteiger partial charge in [-0.1, -0.05) is 43.3 Å². The average molecular weight is 359 g/mol. The third-order valence-electron chi connectivity index (χ3n) is 4.22. The Labute approximate surface area is 153 Å². The van der Waals surface area contributed by atoms with Gasteiger partial charge in [0.15, 0.2) is 0 Å². The van der Waals surface area contributed by atoms with E-state index in [4.69, 9.17) is 0 Å². The smallest absolute Gasteiger partial charge is 0.243 e. The summed E-state index contributed by atoms with van der Waals surface area (Å²) in [5.74, 6) is 0.600. The van der Waals surface area contributed by atoms with Gasteiger partial charge in [0.2, 0.25) is 11.8 Å². The van der Waals surface area contributed by atoms with Crippen LogP contribution < -0.4 is 10.6 Å². The Balaban J connectivity index is 2.07. The predicted octanol–water partition coefficient (Wildman–Crippen LogP) is 3.66. The molecule has 0 aliphatic heterocycles. The summed E-state index contributed by atoms with van der Waals surface area (Å²) in [6.45, 7) is 3.76. The number of carbonyl (C=O) groups excluding carboxylic acids is 2. The highest BCUT2D eigenvalue weighted by molar-refractivity contribution is 7.98. The second-order valence-electron chi connectivity index (χ2n) is 6.09. The molecule has 25 heavy (non-hydrogen) atoms. The van der Waals surface area contributed by atoms with Crippen molar-refractivity contribution in [3.8, 4) is 0 Å². The van der Waals surface area contributed by atoms with Crippen molar-refractivity contribution in [1.29, 1.82) is 0 Å². The minimum atomic E-state index is -0.484. The minimum Gasteiger partial charge on any atom is -0.348 e. The summed E-state index contributed by atoms with van der Waals surface area (Å²) < 4.78 is 0. The van der Waals surface area contributed by atoms with Crippen molar-refractivity contribution in [3.63, 3.8) is 0 Å². The molecule has 0 heterocycles. The maximum Gasteiger partial charge on any atom is 0.243 e. The number of fused-ring (bicyclic) bond motifs is 1. The van der Waals surface area contributed by atoms with Gasteiger partial charge >= 0.3 is 0 Å². The molecule has 2 aromatic carbocycles. The highest BCUT2D eigenvalue weighted by Crippen LogP contribution is 2.20. The van der Waals surface area contributed by atoms with E-state index >= 15 is 0 Å². The predicted molar refractivity (Wildman–Crippen MR) is 106 cm³/mol. The quantitative estimate of drug-likeness (QED) is 0.757. The second kappa shape index (κ2) is 9.47. The van der Waals surface area contributed by atoms with E-state index in [0.717, 1.165) is 16.7 Å². The Morgan fingerprint density at radius 2 is 1.80 bits per heavy atom. The van der Waals surface area contributed by atoms with Crippen LogP contribution in [0, 0.1) is 0 Å². The van der Waals surface area contributed by atoms with E-state index in [1.807, 2.05) is 31.4 Å². The van der Waals surface area contributed by atoms with Gasteiger partial charge in [-0.3, -0.25) is 9.59 Å². The number of hydrogen-bond acceptors (Lipinski definition) is 3. The Kier molecular flexibility index (Phi) is 7.31. The van der Waals surface area contributed by atoms with E-state index in [1.165, 1.54) is 5.39 Å². The molecule has 0 fully saturated rings. The van der Waals surface area contributed by atoms with Crippen LogP contribution in [0.5, 0.6) is 0 Å². The van der Waals surface area contributed by atoms with E-state index in [1.54, 1.807) is 18.7 Å². The Hall–Kier alpha value is -2.01. The molecule has 0 radical (unpaired) electrons. The summed E-state index contributed by atoms with van der Waals surface area (Å²) in [6, 6.07) is 13.8. The number of benzene rings is 2. The monoisotopic (exact) mass is 358 g/mol. The summed E-state index contributed by atoms with van der Waals surface area (Å²) in [5.41, 5.74) is 1.05. The van der Waals surface area contributed by atoms with Crippen LogP contribution >= 0.6 is 11.8 Å². The van der Waals surface area contributed by atoms with Crippen molar-refractivity contribution in [1.82, 2.24) is 10.6 Å². The van der Waals surface area contributed by atoms with Crippen LogP contribution in [-0.4, -0.2) is 29.9 Å². The molecule has 0 bridgehead atoms. The maximum atomic E-state index is 12.6. The van der Waals surface area contributed by atoms with Gasteiger partial charge in [-0.15, -0.1) is 0 Å². The van der Waals surface area contributed by atoms with Crippen LogP contribution in [0.15, 0.2) is 42.5 Å². The van der Waals surface area contributed by atoms with Gasteiger partial charge in [0.1, 0.15) is 6.04 Å². The molecular formula is C20H26N2O2S. The van der Waals surface area contributed by atoms with Crippen LogP contribution in [0.4, 0.5) is 0 Å². The number of rotatable bonds is 8. The van der Waals surface area contributed by atoms with Gasteiger partial charge in [0, 0.05) is 6.42 Å². The van der Waals surface area contributed by atoms with Gasteiger partial charge in [-0.2, -0.15) is 11.8 Å². The zero-order valence-corrected chi connectivity index (χ0v) is 15.9. The van der Waals surface area contributed by atoms with Crippen molar-refractivity contribution < 1.29 is 9.59 Å². The Bertz CT molecular complexity index is 732. The van der Waals surface area contributed by atoms with E-state index < -0.39 is 6.04 Å². The Morgan fingerprint density at radius 3 is 2.48 bits per heavy atom. The molecular weight excluding hydrogens is 332 g/mol. The largest absolute Gasteiger partial charge is 0.348 e. The van der Waals surface area contributed by atoms with Crippen LogP contribution in [0.1, 0.15) is 38.3 Å². The first-order valence-corrected chi connectivity index (χ1v) is 10.0. The third-order valence-corrected chi connectivity index (χ3v) is 4.86. The van der Waals surface area contributed by atoms with Gasteiger partial charge < -0.3 is 10.6 Å². The van der Waals surface area contributed by atoms with Crippen LogP contribution in [0.3, 0.4) is 0 Å². The lowest BCUT2D eigenvalue weighted by Crippen LogP contribution is -2.47. The lowest BCUT2D eigenvalue weighted by atomic mass is 10.0. The summed E-state index contributed by atoms with van der Waals surface area (Å²) in [4.78, 5) is 24.3. The van der Waals surface area contributed by atoms with Gasteiger partial charge in [-0.25, -0.2) is 0 Å². The number of thioether (sulfide) groups is 1. The highest BCUT2D eigenvalue weighted by atomic mass is 32.2. The fourth-order valence-corrected chi connectivity index (χ4v) is 3.15. The molecule has 134 valence electrons. The molecule has 0 aliphatic rings. The molecule has 2 amide bonds. The summed E-state index contributed by atoms with van der Waals surface area (Å²) in [6.07, 6.45) is 3.00. The first kappa shape index (κ1) is 19.3. The van der Waals surface area contributed by atoms with Crippen molar-refractivity contribution in [2.24, 2.45) is 0 Å². The first-order valence-electron chi connectivity index (χ1n) is 8.62. The molecule has 2 N–H and O–H groups in total. The summed E-state index contributed by atoms with van der Waals surface area (Å²) in [5, 5.41) is 8.19. The molecule has 4 nitrogen and oxygen atoms in total. The molecule has 0 aliphatic carbocycles. The molecule has 2 rings (SSSR count). The molecule has 0 aromatic heterocycles. The van der Waals surface area contributed by atoms with Crippen molar-refractivity contribution in [2.75, 3.05) is 12.0 Å². The molecule has 0 spiro atoms. The molecule has 0 unspecified atom stereocenters. The topological polar surface area (TPSA) is 58.2 Å². The van der Waals surface area contributed by atoms with E-state index in [-0.39, 0.29) is 17.9 Å². The first-order chi connectivity index (χ1) is 12.0. The van der Waals surface area contributed by atoms with Crippen molar-refractivity contribution in [3.05, 3.63) is 48.0 Å². The molecule has 0 saturated heterocycles. The van der Waals surface area contributed by atoms with Gasteiger partial charge in [-0.05, 0) is 47.8 Å². The molecule has 2 aromatic rings. The van der Waals surface area contributed by atoms with Crippen molar-refractivity contribution >= 4 is 34.3 Å². The number of hydrogen-bond donors (Lipinski definition) is 2. The lowest BCUT2D eigenvalue weighted by Gasteiger charge is -2.21. The zero-order chi connectivity index (χ0) is 18.2. The van der Waals surface area contributed by atoms with Crippen molar-refractivity contribution in [2.45, 2.75) is 38.8 Å². The zero-order valence-electron chi connectivity index (χ0n) is 15.0. The van der Waals surface area contributed by atoms with E-state index in [2.05, 4.69) is 34.9 Å². The van der Waals surface area contributed by atoms with E-state index in [0.29, 0.717) is 12.8 Å². The lowest BCUT2D eigenvalue weighted by molar-refractivity contribution is -0.129. The molecule has 5 heteroatoms.